The molecule has 0 radical (unpaired) electrons. The van der Waals surface area contributed by atoms with Gasteiger partial charge in [-0.2, -0.15) is 0 Å². The van der Waals surface area contributed by atoms with Gasteiger partial charge in [-0.05, 0) is 31.0 Å². The molecule has 92 valence electrons. The number of nitrogens with zero attached hydrogens (tertiary/aromatic N) is 1. The second-order valence-corrected chi connectivity index (χ2v) is 4.21. The van der Waals surface area contributed by atoms with E-state index in [9.17, 15) is 9.90 Å². The highest BCUT2D eigenvalue weighted by Crippen LogP contribution is 2.26. The van der Waals surface area contributed by atoms with E-state index in [0.29, 0.717) is 5.56 Å². The molecular weight excluding hydrogens is 218 g/mol. The summed E-state index contributed by atoms with van der Waals surface area (Å²) in [6, 6.07) is 7.52. The first-order chi connectivity index (χ1) is 8.26. The average molecular weight is 235 g/mol. The number of benzene rings is 1. The van der Waals surface area contributed by atoms with E-state index in [1.807, 2.05) is 18.2 Å². The minimum Gasteiger partial charge on any atom is -0.465 e. The molecule has 4 nitrogen and oxygen atoms in total. The fourth-order valence-corrected chi connectivity index (χ4v) is 2.29. The molecule has 1 aromatic carbocycles. The van der Waals surface area contributed by atoms with Crippen LogP contribution in [0.2, 0.25) is 0 Å². The molecule has 2 rings (SSSR count). The van der Waals surface area contributed by atoms with Crippen molar-refractivity contribution < 1.29 is 14.6 Å². The van der Waals surface area contributed by atoms with Crippen LogP contribution < -0.4 is 4.90 Å². The van der Waals surface area contributed by atoms with Gasteiger partial charge in [0.25, 0.3) is 0 Å². The molecule has 0 bridgehead atoms. The SMILES string of the molecule is COC(=O)c1cccc(N2CCCC2CO)c1. The van der Waals surface area contributed by atoms with Crippen LogP contribution in [0.1, 0.15) is 23.2 Å². The molecule has 0 aliphatic carbocycles. The molecule has 17 heavy (non-hydrogen) atoms. The highest BCUT2D eigenvalue weighted by molar-refractivity contribution is 5.90. The zero-order valence-electron chi connectivity index (χ0n) is 9.93. The van der Waals surface area contributed by atoms with Gasteiger partial charge in [-0.1, -0.05) is 6.07 Å². The summed E-state index contributed by atoms with van der Waals surface area (Å²) in [4.78, 5) is 13.6. The van der Waals surface area contributed by atoms with Crippen molar-refractivity contribution in [3.63, 3.8) is 0 Å². The van der Waals surface area contributed by atoms with Crippen LogP contribution in [0.3, 0.4) is 0 Å². The lowest BCUT2D eigenvalue weighted by molar-refractivity contribution is 0.0601. The fourth-order valence-electron chi connectivity index (χ4n) is 2.29. The molecule has 1 N–H and O–H groups in total. The fraction of sp³-hybridized carbons (Fsp3) is 0.462. The van der Waals surface area contributed by atoms with E-state index in [4.69, 9.17) is 4.74 Å². The highest BCUT2D eigenvalue weighted by Gasteiger charge is 2.24. The first kappa shape index (κ1) is 11.9. The molecule has 0 aromatic heterocycles. The van der Waals surface area contributed by atoms with E-state index >= 15 is 0 Å². The normalized spacial score (nSPS) is 19.4. The van der Waals surface area contributed by atoms with E-state index in [2.05, 4.69) is 4.90 Å². The molecule has 1 aliphatic rings. The number of anilines is 1. The summed E-state index contributed by atoms with van der Waals surface area (Å²) < 4.78 is 4.70. The highest BCUT2D eigenvalue weighted by atomic mass is 16.5. The van der Waals surface area contributed by atoms with Crippen molar-refractivity contribution >= 4 is 11.7 Å². The van der Waals surface area contributed by atoms with E-state index in [-0.39, 0.29) is 18.6 Å². The van der Waals surface area contributed by atoms with Crippen molar-refractivity contribution in [3.05, 3.63) is 29.8 Å². The Labute approximate surface area is 101 Å². The van der Waals surface area contributed by atoms with E-state index in [1.165, 1.54) is 7.11 Å². The maximum absolute atomic E-state index is 11.4. The summed E-state index contributed by atoms with van der Waals surface area (Å²) in [6.45, 7) is 1.08. The van der Waals surface area contributed by atoms with Crippen molar-refractivity contribution in [1.82, 2.24) is 0 Å². The minimum absolute atomic E-state index is 0.155. The number of hydrogen-bond donors (Lipinski definition) is 1. The Kier molecular flexibility index (Phi) is 3.64. The van der Waals surface area contributed by atoms with Gasteiger partial charge in [-0.15, -0.1) is 0 Å². The summed E-state index contributed by atoms with van der Waals surface area (Å²) in [6.07, 6.45) is 2.08. The van der Waals surface area contributed by atoms with Gasteiger partial charge in [0.05, 0.1) is 25.3 Å². The molecule has 1 saturated heterocycles. The van der Waals surface area contributed by atoms with Crippen LogP contribution in [-0.4, -0.2) is 37.4 Å². The molecule has 0 saturated carbocycles. The molecular formula is C13H17NO3. The predicted molar refractivity (Wildman–Crippen MR) is 65.2 cm³/mol. The molecule has 1 unspecified atom stereocenters. The van der Waals surface area contributed by atoms with Crippen molar-refractivity contribution in [1.29, 1.82) is 0 Å². The molecule has 1 aliphatic heterocycles. The maximum Gasteiger partial charge on any atom is 0.337 e. The summed E-state index contributed by atoms with van der Waals surface area (Å²) in [5.74, 6) is -0.327. The lowest BCUT2D eigenvalue weighted by Crippen LogP contribution is -2.32. The predicted octanol–water partition coefficient (Wildman–Crippen LogP) is 1.43. The smallest absolute Gasteiger partial charge is 0.337 e. The van der Waals surface area contributed by atoms with Gasteiger partial charge in [-0.25, -0.2) is 4.79 Å². The summed E-state index contributed by atoms with van der Waals surface area (Å²) in [7, 11) is 1.38. The average Bonchev–Trinajstić information content (AvgIpc) is 2.86. The number of hydrogen-bond acceptors (Lipinski definition) is 4. The number of ether oxygens (including phenoxy) is 1. The van der Waals surface area contributed by atoms with Crippen LogP contribution in [0.25, 0.3) is 0 Å². The molecule has 1 heterocycles. The van der Waals surface area contributed by atoms with Crippen LogP contribution in [0, 0.1) is 0 Å². The van der Waals surface area contributed by atoms with E-state index in [0.717, 1.165) is 25.1 Å². The van der Waals surface area contributed by atoms with Crippen LogP contribution in [0.15, 0.2) is 24.3 Å². The van der Waals surface area contributed by atoms with Crippen molar-refractivity contribution in [2.24, 2.45) is 0 Å². The number of carbonyl (C=O) groups excluding carboxylic acids is 1. The van der Waals surface area contributed by atoms with Gasteiger partial charge < -0.3 is 14.7 Å². The Morgan fingerprint density at radius 2 is 2.41 bits per heavy atom. The van der Waals surface area contributed by atoms with Crippen LogP contribution in [0.4, 0.5) is 5.69 Å². The Bertz CT molecular complexity index is 405. The number of aliphatic hydroxyl groups excluding tert-OH is 1. The van der Waals surface area contributed by atoms with Gasteiger partial charge in [0.1, 0.15) is 0 Å². The van der Waals surface area contributed by atoms with Gasteiger partial charge in [0.15, 0.2) is 0 Å². The zero-order chi connectivity index (χ0) is 12.3. The lowest BCUT2D eigenvalue weighted by atomic mass is 10.1. The van der Waals surface area contributed by atoms with Crippen LogP contribution in [0.5, 0.6) is 0 Å². The van der Waals surface area contributed by atoms with Crippen LogP contribution in [-0.2, 0) is 4.74 Å². The van der Waals surface area contributed by atoms with Crippen molar-refractivity contribution in [3.8, 4) is 0 Å². The first-order valence-corrected chi connectivity index (χ1v) is 5.82. The Balaban J connectivity index is 2.23. The monoisotopic (exact) mass is 235 g/mol. The lowest BCUT2D eigenvalue weighted by Gasteiger charge is -2.25. The number of carbonyl (C=O) groups is 1. The zero-order valence-corrected chi connectivity index (χ0v) is 9.93. The Hall–Kier alpha value is -1.55. The number of aliphatic hydroxyl groups is 1. The molecule has 1 fully saturated rings. The third-order valence-electron chi connectivity index (χ3n) is 3.19. The number of methoxy groups -OCH3 is 1. The Morgan fingerprint density at radius 1 is 1.59 bits per heavy atom. The van der Waals surface area contributed by atoms with Gasteiger partial charge in [-0.3, -0.25) is 0 Å². The molecule has 1 aromatic rings. The molecule has 0 spiro atoms. The second-order valence-electron chi connectivity index (χ2n) is 4.21. The summed E-state index contributed by atoms with van der Waals surface area (Å²) >= 11 is 0. The standard InChI is InChI=1S/C13H17NO3/c1-17-13(16)10-4-2-5-11(8-10)14-7-3-6-12(14)9-15/h2,4-5,8,12,15H,3,6-7,9H2,1H3. The van der Waals surface area contributed by atoms with Crippen molar-refractivity contribution in [2.75, 3.05) is 25.2 Å². The quantitative estimate of drug-likeness (QED) is 0.805. The molecule has 1 atom stereocenters. The van der Waals surface area contributed by atoms with Crippen molar-refractivity contribution in [2.45, 2.75) is 18.9 Å². The summed E-state index contributed by atoms with van der Waals surface area (Å²) in [5.41, 5.74) is 1.53. The van der Waals surface area contributed by atoms with E-state index in [1.54, 1.807) is 6.07 Å². The van der Waals surface area contributed by atoms with Crippen LogP contribution >= 0.6 is 0 Å². The maximum atomic E-state index is 11.4. The van der Waals surface area contributed by atoms with Gasteiger partial charge in [0.2, 0.25) is 0 Å². The third-order valence-corrected chi connectivity index (χ3v) is 3.19. The minimum atomic E-state index is -0.327. The number of esters is 1. The van der Waals surface area contributed by atoms with E-state index < -0.39 is 0 Å². The number of rotatable bonds is 3. The summed E-state index contributed by atoms with van der Waals surface area (Å²) in [5, 5.41) is 9.29. The topological polar surface area (TPSA) is 49.8 Å². The largest absolute Gasteiger partial charge is 0.465 e. The Morgan fingerprint density at radius 3 is 3.12 bits per heavy atom. The first-order valence-electron chi connectivity index (χ1n) is 5.82. The second kappa shape index (κ2) is 5.19. The third kappa shape index (κ3) is 2.42. The molecule has 0 amide bonds. The van der Waals surface area contributed by atoms with Gasteiger partial charge in [0, 0.05) is 12.2 Å². The molecule has 4 heteroatoms. The van der Waals surface area contributed by atoms with Gasteiger partial charge >= 0.3 is 5.97 Å².